The lowest BCUT2D eigenvalue weighted by Crippen LogP contribution is -2.51. The van der Waals surface area contributed by atoms with Gasteiger partial charge in [0.2, 0.25) is 5.91 Å². The highest BCUT2D eigenvalue weighted by Crippen LogP contribution is 2.35. The molecule has 50 heavy (non-hydrogen) atoms. The average Bonchev–Trinajstić information content (AvgIpc) is 3.12. The standard InChI is InChI=1S/C14H16F3N3.C12H17N3O.C11H15ClN2/c1-2-11-9-19-5-6-20(11)12-4-3-10(8-18)13(7-12)14(15,16)17;1-9-8-14-6-7-15(9)11-4-2-10(3-5-11)12(13)16;1-9-8-13-5-6-14(9)11-4-2-3-10(12)7-11/h3-4,7,11,19H,2,5-6,9H2,1H3;2-5,9,14H,6-8H2,1H3,(H2,13,16);2-4,7,9,13H,5-6,8H2,1H3. The largest absolute Gasteiger partial charge is 0.417 e. The van der Waals surface area contributed by atoms with E-state index in [4.69, 9.17) is 22.6 Å². The summed E-state index contributed by atoms with van der Waals surface area (Å²) in [4.78, 5) is 17.7. The van der Waals surface area contributed by atoms with E-state index in [0.29, 0.717) is 29.9 Å². The molecule has 3 saturated heterocycles. The Hall–Kier alpha value is -4.02. The number of halogens is 4. The first-order valence-corrected chi connectivity index (χ1v) is 17.5. The lowest BCUT2D eigenvalue weighted by Gasteiger charge is -2.38. The lowest BCUT2D eigenvalue weighted by atomic mass is 10.0. The van der Waals surface area contributed by atoms with Crippen LogP contribution in [0.1, 0.15) is 48.7 Å². The molecular formula is C37H48ClF3N8O. The molecule has 3 aromatic carbocycles. The van der Waals surface area contributed by atoms with Crippen LogP contribution in [0.25, 0.3) is 0 Å². The van der Waals surface area contributed by atoms with Gasteiger partial charge in [-0.2, -0.15) is 18.4 Å². The van der Waals surface area contributed by atoms with E-state index < -0.39 is 11.7 Å². The van der Waals surface area contributed by atoms with Crippen molar-refractivity contribution in [3.63, 3.8) is 0 Å². The molecule has 9 nitrogen and oxygen atoms in total. The highest BCUT2D eigenvalue weighted by atomic mass is 35.5. The summed E-state index contributed by atoms with van der Waals surface area (Å²) in [6, 6.07) is 22.3. The van der Waals surface area contributed by atoms with Crippen LogP contribution in [0.3, 0.4) is 0 Å². The van der Waals surface area contributed by atoms with Crippen molar-refractivity contribution in [3.05, 3.63) is 88.4 Å². The van der Waals surface area contributed by atoms with Gasteiger partial charge in [0.15, 0.2) is 0 Å². The Morgan fingerprint density at radius 1 is 0.840 bits per heavy atom. The van der Waals surface area contributed by atoms with Crippen LogP contribution in [0, 0.1) is 11.3 Å². The number of nitrogens with zero attached hydrogens (tertiary/aromatic N) is 4. The number of anilines is 3. The number of amides is 1. The van der Waals surface area contributed by atoms with Gasteiger partial charge in [0.05, 0.1) is 17.2 Å². The number of benzene rings is 3. The summed E-state index contributed by atoms with van der Waals surface area (Å²) < 4.78 is 38.9. The molecule has 3 unspecified atom stereocenters. The number of hydrogen-bond acceptors (Lipinski definition) is 8. The second-order valence-corrected chi connectivity index (χ2v) is 13.1. The summed E-state index contributed by atoms with van der Waals surface area (Å²) in [6.45, 7) is 14.8. The smallest absolute Gasteiger partial charge is 0.366 e. The number of carbonyl (C=O) groups is 1. The maximum absolute atomic E-state index is 13.0. The molecule has 0 radical (unpaired) electrons. The van der Waals surface area contributed by atoms with E-state index in [2.05, 4.69) is 45.7 Å². The van der Waals surface area contributed by atoms with Crippen molar-refractivity contribution in [2.24, 2.45) is 5.73 Å². The van der Waals surface area contributed by atoms with E-state index >= 15 is 0 Å². The molecule has 3 atom stereocenters. The summed E-state index contributed by atoms with van der Waals surface area (Å²) in [5, 5.41) is 19.6. The fourth-order valence-corrected chi connectivity index (χ4v) is 6.61. The highest BCUT2D eigenvalue weighted by molar-refractivity contribution is 6.30. The summed E-state index contributed by atoms with van der Waals surface area (Å²) in [5.41, 5.74) is 7.50. The quantitative estimate of drug-likeness (QED) is 0.275. The molecular weight excluding hydrogens is 665 g/mol. The fourth-order valence-electron chi connectivity index (χ4n) is 6.43. The van der Waals surface area contributed by atoms with Crippen LogP contribution >= 0.6 is 11.6 Å². The summed E-state index contributed by atoms with van der Waals surface area (Å²) in [7, 11) is 0. The Bertz CT molecular complexity index is 1580. The van der Waals surface area contributed by atoms with Gasteiger partial charge in [-0.3, -0.25) is 4.79 Å². The summed E-state index contributed by atoms with van der Waals surface area (Å²) >= 11 is 5.97. The number of alkyl halides is 3. The van der Waals surface area contributed by atoms with E-state index in [1.54, 1.807) is 24.3 Å². The Labute approximate surface area is 298 Å². The topological polar surface area (TPSA) is 113 Å². The van der Waals surface area contributed by atoms with Crippen LogP contribution in [0.5, 0.6) is 0 Å². The molecule has 3 heterocycles. The minimum Gasteiger partial charge on any atom is -0.366 e. The molecule has 270 valence electrons. The van der Waals surface area contributed by atoms with E-state index in [1.165, 1.54) is 11.8 Å². The van der Waals surface area contributed by atoms with Gasteiger partial charge >= 0.3 is 6.18 Å². The van der Waals surface area contributed by atoms with Crippen LogP contribution in [-0.2, 0) is 6.18 Å². The molecule has 0 bridgehead atoms. The van der Waals surface area contributed by atoms with Gasteiger partial charge in [0, 0.05) is 105 Å². The summed E-state index contributed by atoms with van der Waals surface area (Å²) in [6.07, 6.45) is -3.65. The SMILES string of the molecule is CC1CNCCN1c1ccc(C(N)=O)cc1.CC1CNCCN1c1cccc(Cl)c1.CCC1CNCCN1c1ccc(C#N)c(C(F)(F)F)c1. The monoisotopic (exact) mass is 712 g/mol. The van der Waals surface area contributed by atoms with Crippen molar-refractivity contribution in [2.75, 3.05) is 73.6 Å². The minimum atomic E-state index is -4.50. The number of nitrogens with one attached hydrogen (secondary N) is 3. The Morgan fingerprint density at radius 3 is 1.90 bits per heavy atom. The van der Waals surface area contributed by atoms with Crippen LogP contribution in [-0.4, -0.2) is 82.9 Å². The van der Waals surface area contributed by atoms with Gasteiger partial charge in [0.1, 0.15) is 0 Å². The molecule has 0 saturated carbocycles. The van der Waals surface area contributed by atoms with Gasteiger partial charge in [-0.25, -0.2) is 0 Å². The molecule has 3 fully saturated rings. The molecule has 0 aromatic heterocycles. The molecule has 13 heteroatoms. The van der Waals surface area contributed by atoms with Gasteiger partial charge in [-0.05, 0) is 80.9 Å². The van der Waals surface area contributed by atoms with E-state index in [0.717, 1.165) is 75.6 Å². The van der Waals surface area contributed by atoms with E-state index in [9.17, 15) is 18.0 Å². The Kier molecular flexibility index (Phi) is 14.2. The molecule has 3 aliphatic heterocycles. The van der Waals surface area contributed by atoms with Gasteiger partial charge in [0.25, 0.3) is 0 Å². The first kappa shape index (κ1) is 38.8. The highest BCUT2D eigenvalue weighted by Gasteiger charge is 2.35. The molecule has 0 aliphatic carbocycles. The number of nitriles is 1. The third kappa shape index (κ3) is 10.5. The Balaban J connectivity index is 0.000000171. The van der Waals surface area contributed by atoms with Crippen LogP contribution < -0.4 is 36.4 Å². The maximum atomic E-state index is 13.0. The molecule has 5 N–H and O–H groups in total. The van der Waals surface area contributed by atoms with Crippen LogP contribution in [0.4, 0.5) is 30.2 Å². The minimum absolute atomic E-state index is 0.178. The van der Waals surface area contributed by atoms with Gasteiger partial charge < -0.3 is 36.4 Å². The first-order chi connectivity index (χ1) is 23.9. The first-order valence-electron chi connectivity index (χ1n) is 17.1. The number of primary amides is 1. The zero-order valence-corrected chi connectivity index (χ0v) is 29.7. The van der Waals surface area contributed by atoms with Crippen molar-refractivity contribution < 1.29 is 18.0 Å². The maximum Gasteiger partial charge on any atom is 0.417 e. The molecule has 3 aliphatic rings. The number of hydrogen-bond donors (Lipinski definition) is 4. The average molecular weight is 713 g/mol. The summed E-state index contributed by atoms with van der Waals surface area (Å²) in [5.74, 6) is -0.375. The zero-order valence-electron chi connectivity index (χ0n) is 28.9. The third-order valence-electron chi connectivity index (χ3n) is 9.21. The van der Waals surface area contributed by atoms with Gasteiger partial charge in [-0.1, -0.05) is 24.6 Å². The van der Waals surface area contributed by atoms with E-state index in [-0.39, 0.29) is 17.5 Å². The van der Waals surface area contributed by atoms with Crippen molar-refractivity contribution in [1.29, 1.82) is 5.26 Å². The second-order valence-electron chi connectivity index (χ2n) is 12.7. The van der Waals surface area contributed by atoms with Crippen molar-refractivity contribution in [2.45, 2.75) is 51.5 Å². The van der Waals surface area contributed by atoms with Crippen molar-refractivity contribution in [3.8, 4) is 6.07 Å². The molecule has 0 spiro atoms. The van der Waals surface area contributed by atoms with Crippen LogP contribution in [0.2, 0.25) is 5.02 Å². The fraction of sp³-hybridized carbons (Fsp3) is 0.459. The zero-order chi connectivity index (χ0) is 36.3. The van der Waals surface area contributed by atoms with Crippen LogP contribution in [0.15, 0.2) is 66.7 Å². The molecule has 1 amide bonds. The van der Waals surface area contributed by atoms with Crippen molar-refractivity contribution >= 4 is 34.6 Å². The number of carbonyl (C=O) groups excluding carboxylic acids is 1. The number of nitrogens with two attached hydrogens (primary N) is 1. The lowest BCUT2D eigenvalue weighted by molar-refractivity contribution is -0.137. The van der Waals surface area contributed by atoms with Crippen molar-refractivity contribution in [1.82, 2.24) is 16.0 Å². The normalized spacial score (nSPS) is 20.8. The predicted molar refractivity (Wildman–Crippen MR) is 196 cm³/mol. The number of rotatable bonds is 5. The molecule has 6 rings (SSSR count). The van der Waals surface area contributed by atoms with Gasteiger partial charge in [-0.15, -0.1) is 0 Å². The molecule has 3 aromatic rings. The Morgan fingerprint density at radius 2 is 1.38 bits per heavy atom. The second kappa shape index (κ2) is 18.3. The number of piperazine rings is 3. The van der Waals surface area contributed by atoms with E-state index in [1.807, 2.05) is 42.2 Å². The third-order valence-corrected chi connectivity index (χ3v) is 9.44. The predicted octanol–water partition coefficient (Wildman–Crippen LogP) is 5.49.